The molecule has 0 bridgehead atoms. The third-order valence-electron chi connectivity index (χ3n) is 4.66. The lowest BCUT2D eigenvalue weighted by Crippen LogP contribution is -2.49. The number of rotatable bonds is 5. The highest BCUT2D eigenvalue weighted by Gasteiger charge is 2.35. The number of esters is 1. The Kier molecular flexibility index (Phi) is 4.93. The SMILES string of the molecule is COC(=O)C1=C(Nc2ccc3c(c2)C(=O)NC(C)(C)C3)C(=O)N(CCO)C1. The summed E-state index contributed by atoms with van der Waals surface area (Å²) in [6, 6.07) is 5.29. The molecule has 2 amide bonds. The molecule has 8 heteroatoms. The number of aliphatic hydroxyl groups is 1. The fraction of sp³-hybridized carbons (Fsp3) is 0.421. The topological polar surface area (TPSA) is 108 Å². The number of nitrogens with zero attached hydrogens (tertiary/aromatic N) is 1. The van der Waals surface area contributed by atoms with E-state index in [-0.39, 0.29) is 42.4 Å². The van der Waals surface area contributed by atoms with E-state index in [2.05, 4.69) is 10.6 Å². The van der Waals surface area contributed by atoms with Crippen LogP contribution in [-0.2, 0) is 20.7 Å². The van der Waals surface area contributed by atoms with E-state index in [9.17, 15) is 14.4 Å². The third kappa shape index (κ3) is 3.66. The van der Waals surface area contributed by atoms with Crippen LogP contribution >= 0.6 is 0 Å². The van der Waals surface area contributed by atoms with Crippen LogP contribution in [0.1, 0.15) is 29.8 Å². The van der Waals surface area contributed by atoms with Crippen molar-refractivity contribution in [2.45, 2.75) is 25.8 Å². The van der Waals surface area contributed by atoms with Gasteiger partial charge in [-0.1, -0.05) is 6.07 Å². The van der Waals surface area contributed by atoms with Gasteiger partial charge in [0.05, 0.1) is 25.8 Å². The molecule has 0 atom stereocenters. The van der Waals surface area contributed by atoms with Gasteiger partial charge in [-0.25, -0.2) is 4.79 Å². The number of hydrogen-bond acceptors (Lipinski definition) is 6. The van der Waals surface area contributed by atoms with E-state index in [0.29, 0.717) is 17.7 Å². The first-order valence-electron chi connectivity index (χ1n) is 8.70. The molecule has 2 heterocycles. The van der Waals surface area contributed by atoms with Crippen molar-refractivity contribution in [1.29, 1.82) is 0 Å². The lowest BCUT2D eigenvalue weighted by atomic mass is 9.87. The maximum atomic E-state index is 12.6. The first-order chi connectivity index (χ1) is 12.8. The highest BCUT2D eigenvalue weighted by molar-refractivity contribution is 6.08. The van der Waals surface area contributed by atoms with Crippen molar-refractivity contribution in [2.75, 3.05) is 32.1 Å². The summed E-state index contributed by atoms with van der Waals surface area (Å²) in [5, 5.41) is 15.0. The summed E-state index contributed by atoms with van der Waals surface area (Å²) in [7, 11) is 1.25. The highest BCUT2D eigenvalue weighted by atomic mass is 16.5. The number of hydrogen-bond donors (Lipinski definition) is 3. The van der Waals surface area contributed by atoms with Crippen LogP contribution in [0.25, 0.3) is 0 Å². The molecule has 1 aromatic carbocycles. The Balaban J connectivity index is 1.91. The van der Waals surface area contributed by atoms with Crippen LogP contribution in [0, 0.1) is 0 Å². The van der Waals surface area contributed by atoms with Crippen molar-refractivity contribution >= 4 is 23.5 Å². The van der Waals surface area contributed by atoms with Crippen LogP contribution in [-0.4, -0.2) is 60.1 Å². The molecule has 0 saturated carbocycles. The smallest absolute Gasteiger partial charge is 0.337 e. The van der Waals surface area contributed by atoms with Gasteiger partial charge in [-0.15, -0.1) is 0 Å². The van der Waals surface area contributed by atoms with E-state index in [4.69, 9.17) is 9.84 Å². The molecular weight excluding hydrogens is 350 g/mol. The lowest BCUT2D eigenvalue weighted by molar-refractivity contribution is -0.136. The summed E-state index contributed by atoms with van der Waals surface area (Å²) in [4.78, 5) is 38.4. The number of carbonyl (C=O) groups excluding carboxylic acids is 3. The average molecular weight is 373 g/mol. The Bertz CT molecular complexity index is 844. The van der Waals surface area contributed by atoms with Crippen LogP contribution in [0.2, 0.25) is 0 Å². The standard InChI is InChI=1S/C19H23N3O5/c1-19(2)9-11-4-5-12(8-13(11)16(24)21-19)20-15-14(18(26)27-3)10-22(6-7-23)17(15)25/h4-5,8,20,23H,6-7,9-10H2,1-3H3,(H,21,24). The lowest BCUT2D eigenvalue weighted by Gasteiger charge is -2.32. The zero-order valence-electron chi connectivity index (χ0n) is 15.6. The molecule has 0 saturated heterocycles. The number of carbonyl (C=O) groups is 3. The van der Waals surface area contributed by atoms with E-state index in [1.807, 2.05) is 19.9 Å². The van der Waals surface area contributed by atoms with Crippen LogP contribution in [0.5, 0.6) is 0 Å². The van der Waals surface area contributed by atoms with Gasteiger partial charge < -0.3 is 25.4 Å². The van der Waals surface area contributed by atoms with Gasteiger partial charge in [-0.2, -0.15) is 0 Å². The Morgan fingerprint density at radius 1 is 1.37 bits per heavy atom. The average Bonchev–Trinajstić information content (AvgIpc) is 2.91. The molecule has 0 spiro atoms. The zero-order valence-corrected chi connectivity index (χ0v) is 15.6. The summed E-state index contributed by atoms with van der Waals surface area (Å²) in [5.74, 6) is -1.18. The van der Waals surface area contributed by atoms with Crippen molar-refractivity contribution < 1.29 is 24.2 Å². The Morgan fingerprint density at radius 3 is 2.78 bits per heavy atom. The van der Waals surface area contributed by atoms with E-state index in [1.165, 1.54) is 12.0 Å². The van der Waals surface area contributed by atoms with Gasteiger partial charge in [-0.05, 0) is 38.0 Å². The quantitative estimate of drug-likeness (QED) is 0.646. The number of methoxy groups -OCH3 is 1. The molecule has 2 aliphatic heterocycles. The number of ether oxygens (including phenoxy) is 1. The summed E-state index contributed by atoms with van der Waals surface area (Å²) in [6.07, 6.45) is 0.702. The molecule has 8 nitrogen and oxygen atoms in total. The fourth-order valence-electron chi connectivity index (χ4n) is 3.41. The number of aliphatic hydroxyl groups excluding tert-OH is 1. The molecule has 2 aliphatic rings. The van der Waals surface area contributed by atoms with Crippen LogP contribution in [0.3, 0.4) is 0 Å². The molecule has 0 aliphatic carbocycles. The minimum atomic E-state index is -0.608. The Hall–Kier alpha value is -2.87. The van der Waals surface area contributed by atoms with Crippen molar-refractivity contribution in [3.05, 3.63) is 40.6 Å². The van der Waals surface area contributed by atoms with E-state index < -0.39 is 11.9 Å². The zero-order chi connectivity index (χ0) is 19.8. The number of nitrogens with one attached hydrogen (secondary N) is 2. The first kappa shape index (κ1) is 18.9. The predicted octanol–water partition coefficient (Wildman–Crippen LogP) is 0.425. The molecule has 0 radical (unpaired) electrons. The minimum Gasteiger partial charge on any atom is -0.466 e. The largest absolute Gasteiger partial charge is 0.466 e. The number of fused-ring (bicyclic) bond motifs is 1. The summed E-state index contributed by atoms with van der Waals surface area (Å²) in [6.45, 7) is 3.89. The molecule has 27 heavy (non-hydrogen) atoms. The van der Waals surface area contributed by atoms with Crippen LogP contribution in [0.15, 0.2) is 29.5 Å². The van der Waals surface area contributed by atoms with Gasteiger partial charge in [0.2, 0.25) is 0 Å². The monoisotopic (exact) mass is 373 g/mol. The minimum absolute atomic E-state index is 0.0635. The summed E-state index contributed by atoms with van der Waals surface area (Å²) >= 11 is 0. The molecule has 0 fully saturated rings. The van der Waals surface area contributed by atoms with Crippen molar-refractivity contribution in [1.82, 2.24) is 10.2 Å². The van der Waals surface area contributed by atoms with Gasteiger partial charge in [0, 0.05) is 23.3 Å². The molecule has 3 N–H and O–H groups in total. The van der Waals surface area contributed by atoms with Gasteiger partial charge in [-0.3, -0.25) is 9.59 Å². The van der Waals surface area contributed by atoms with Crippen LogP contribution < -0.4 is 10.6 Å². The highest BCUT2D eigenvalue weighted by Crippen LogP contribution is 2.28. The van der Waals surface area contributed by atoms with E-state index >= 15 is 0 Å². The maximum absolute atomic E-state index is 12.6. The number of benzene rings is 1. The van der Waals surface area contributed by atoms with Crippen molar-refractivity contribution in [3.8, 4) is 0 Å². The second-order valence-electron chi connectivity index (χ2n) is 7.31. The van der Waals surface area contributed by atoms with Crippen LogP contribution in [0.4, 0.5) is 5.69 Å². The number of amides is 2. The molecule has 0 unspecified atom stereocenters. The molecule has 0 aromatic heterocycles. The predicted molar refractivity (Wildman–Crippen MR) is 98.0 cm³/mol. The molecule has 3 rings (SSSR count). The van der Waals surface area contributed by atoms with Crippen molar-refractivity contribution in [2.24, 2.45) is 0 Å². The Labute approximate surface area is 157 Å². The Morgan fingerprint density at radius 2 is 2.11 bits per heavy atom. The molecule has 1 aromatic rings. The summed E-state index contributed by atoms with van der Waals surface area (Å²) in [5.41, 5.74) is 1.98. The van der Waals surface area contributed by atoms with Gasteiger partial charge in [0.25, 0.3) is 11.8 Å². The normalized spacial score (nSPS) is 18.3. The summed E-state index contributed by atoms with van der Waals surface area (Å²) < 4.78 is 4.77. The molecular formula is C19H23N3O5. The fourth-order valence-corrected chi connectivity index (χ4v) is 3.41. The van der Waals surface area contributed by atoms with Gasteiger partial charge in [0.1, 0.15) is 5.70 Å². The number of anilines is 1. The van der Waals surface area contributed by atoms with Gasteiger partial charge >= 0.3 is 5.97 Å². The first-order valence-corrected chi connectivity index (χ1v) is 8.70. The third-order valence-corrected chi connectivity index (χ3v) is 4.66. The molecule has 144 valence electrons. The second kappa shape index (κ2) is 7.03. The van der Waals surface area contributed by atoms with E-state index in [1.54, 1.807) is 12.1 Å². The number of β-amino-alcohol motifs (C(OH)–C–C–N with tert-alkyl or cyclic N) is 1. The van der Waals surface area contributed by atoms with E-state index in [0.717, 1.165) is 5.56 Å². The van der Waals surface area contributed by atoms with Gasteiger partial charge in [0.15, 0.2) is 0 Å². The maximum Gasteiger partial charge on any atom is 0.337 e. The van der Waals surface area contributed by atoms with Crippen molar-refractivity contribution in [3.63, 3.8) is 0 Å². The second-order valence-corrected chi connectivity index (χ2v) is 7.31.